The SMILES string of the molecule is C[C@H]1CN(CCNC(=O)c2ccc3c(c2)S(=O)(=O)c2ccccc2C3=O)C[C@H](C)O1. The summed E-state index contributed by atoms with van der Waals surface area (Å²) in [7, 11) is -3.86. The lowest BCUT2D eigenvalue weighted by molar-refractivity contribution is -0.0672. The van der Waals surface area contributed by atoms with Crippen molar-refractivity contribution < 1.29 is 22.7 Å². The first kappa shape index (κ1) is 20.7. The normalized spacial score (nSPS) is 22.8. The van der Waals surface area contributed by atoms with Gasteiger partial charge < -0.3 is 10.1 Å². The van der Waals surface area contributed by atoms with Gasteiger partial charge in [-0.15, -0.1) is 0 Å². The molecule has 30 heavy (non-hydrogen) atoms. The summed E-state index contributed by atoms with van der Waals surface area (Å²) in [6.07, 6.45) is 0.298. The number of nitrogens with zero attached hydrogens (tertiary/aromatic N) is 1. The molecule has 2 heterocycles. The average Bonchev–Trinajstić information content (AvgIpc) is 2.71. The zero-order valence-electron chi connectivity index (χ0n) is 16.9. The van der Waals surface area contributed by atoms with Crippen LogP contribution in [0, 0.1) is 0 Å². The van der Waals surface area contributed by atoms with Crippen LogP contribution in [0.3, 0.4) is 0 Å². The number of carbonyl (C=O) groups is 2. The van der Waals surface area contributed by atoms with Gasteiger partial charge in [0.05, 0.1) is 22.0 Å². The molecule has 2 aromatic carbocycles. The van der Waals surface area contributed by atoms with Gasteiger partial charge in [0.15, 0.2) is 5.78 Å². The number of fused-ring (bicyclic) bond motifs is 2. The van der Waals surface area contributed by atoms with Crippen LogP contribution in [-0.2, 0) is 14.6 Å². The molecule has 2 aromatic rings. The van der Waals surface area contributed by atoms with Crippen molar-refractivity contribution in [2.75, 3.05) is 26.2 Å². The quantitative estimate of drug-likeness (QED) is 0.682. The lowest BCUT2D eigenvalue weighted by atomic mass is 10.0. The largest absolute Gasteiger partial charge is 0.373 e. The molecule has 0 unspecified atom stereocenters. The number of morpholine rings is 1. The summed E-state index contributed by atoms with van der Waals surface area (Å²) >= 11 is 0. The first-order chi connectivity index (χ1) is 14.3. The Morgan fingerprint density at radius 1 is 1.07 bits per heavy atom. The Hall–Kier alpha value is -2.55. The lowest BCUT2D eigenvalue weighted by Crippen LogP contribution is -2.47. The second-order valence-corrected chi connectivity index (χ2v) is 9.70. The number of benzene rings is 2. The van der Waals surface area contributed by atoms with Crippen LogP contribution in [0.4, 0.5) is 0 Å². The van der Waals surface area contributed by atoms with Crippen LogP contribution >= 0.6 is 0 Å². The number of ketones is 1. The molecule has 4 rings (SSSR count). The Labute approximate surface area is 175 Å². The third kappa shape index (κ3) is 3.78. The molecule has 8 heteroatoms. The van der Waals surface area contributed by atoms with Gasteiger partial charge in [-0.05, 0) is 44.2 Å². The van der Waals surface area contributed by atoms with E-state index in [1.54, 1.807) is 12.1 Å². The predicted octanol–water partition coefficient (Wildman–Crippen LogP) is 1.90. The fraction of sp³-hybridized carbons (Fsp3) is 0.364. The van der Waals surface area contributed by atoms with Gasteiger partial charge in [0.25, 0.3) is 5.91 Å². The third-order valence-electron chi connectivity index (χ3n) is 5.41. The van der Waals surface area contributed by atoms with Gasteiger partial charge in [-0.2, -0.15) is 0 Å². The Balaban J connectivity index is 1.50. The summed E-state index contributed by atoms with van der Waals surface area (Å²) in [5.41, 5.74) is 0.478. The summed E-state index contributed by atoms with van der Waals surface area (Å²) < 4.78 is 31.7. The van der Waals surface area contributed by atoms with Gasteiger partial charge >= 0.3 is 0 Å². The van der Waals surface area contributed by atoms with E-state index in [0.29, 0.717) is 13.1 Å². The van der Waals surface area contributed by atoms with Crippen molar-refractivity contribution in [3.8, 4) is 0 Å². The van der Waals surface area contributed by atoms with Crippen LogP contribution in [-0.4, -0.2) is 63.4 Å². The highest BCUT2D eigenvalue weighted by atomic mass is 32.2. The van der Waals surface area contributed by atoms with Crippen molar-refractivity contribution in [3.63, 3.8) is 0 Å². The van der Waals surface area contributed by atoms with Crippen molar-refractivity contribution in [3.05, 3.63) is 59.2 Å². The van der Waals surface area contributed by atoms with Gasteiger partial charge in [0, 0.05) is 42.9 Å². The van der Waals surface area contributed by atoms with E-state index in [4.69, 9.17) is 4.74 Å². The maximum Gasteiger partial charge on any atom is 0.251 e. The molecule has 1 N–H and O–H groups in total. The molecule has 0 spiro atoms. The molecule has 2 aliphatic heterocycles. The first-order valence-corrected chi connectivity index (χ1v) is 11.4. The maximum atomic E-state index is 13.0. The average molecular weight is 429 g/mol. The van der Waals surface area contributed by atoms with E-state index in [1.165, 1.54) is 30.3 Å². The minimum absolute atomic E-state index is 0.0179. The maximum absolute atomic E-state index is 13.0. The number of sulfone groups is 1. The smallest absolute Gasteiger partial charge is 0.251 e. The summed E-state index contributed by atoms with van der Waals surface area (Å²) in [4.78, 5) is 27.4. The molecule has 2 atom stereocenters. The third-order valence-corrected chi connectivity index (χ3v) is 7.26. The summed E-state index contributed by atoms with van der Waals surface area (Å²) in [6, 6.07) is 10.4. The Bertz CT molecular complexity index is 1100. The van der Waals surface area contributed by atoms with E-state index < -0.39 is 9.84 Å². The van der Waals surface area contributed by atoms with Crippen molar-refractivity contribution in [1.29, 1.82) is 0 Å². The minimum atomic E-state index is -3.86. The highest BCUT2D eigenvalue weighted by Crippen LogP contribution is 2.34. The molecule has 158 valence electrons. The standard InChI is InChI=1S/C22H24N2O5S/c1-14-12-24(13-15(2)29-14)10-9-23-22(26)16-7-8-18-20(11-16)30(27,28)19-6-4-3-5-17(19)21(18)25/h3-8,11,14-15H,9-10,12-13H2,1-2H3,(H,23,26)/t14-,15-/m0/s1. The minimum Gasteiger partial charge on any atom is -0.373 e. The zero-order valence-corrected chi connectivity index (χ0v) is 17.7. The number of nitrogens with one attached hydrogen (secondary N) is 1. The monoisotopic (exact) mass is 428 g/mol. The Morgan fingerprint density at radius 3 is 2.47 bits per heavy atom. The molecule has 1 fully saturated rings. The summed E-state index contributed by atoms with van der Waals surface area (Å²) in [5, 5.41) is 2.84. The fourth-order valence-corrected chi connectivity index (χ4v) is 5.80. The molecule has 7 nitrogen and oxygen atoms in total. The fourth-order valence-electron chi connectivity index (χ4n) is 4.12. The van der Waals surface area contributed by atoms with E-state index in [-0.39, 0.29) is 50.4 Å². The van der Waals surface area contributed by atoms with E-state index in [1.807, 2.05) is 13.8 Å². The highest BCUT2D eigenvalue weighted by molar-refractivity contribution is 7.91. The molecule has 0 aliphatic carbocycles. The van der Waals surface area contributed by atoms with Crippen LogP contribution in [0.1, 0.15) is 40.1 Å². The molecule has 1 amide bonds. The van der Waals surface area contributed by atoms with Crippen LogP contribution in [0.5, 0.6) is 0 Å². The highest BCUT2D eigenvalue weighted by Gasteiger charge is 2.35. The molecule has 1 saturated heterocycles. The van der Waals surface area contributed by atoms with Gasteiger partial charge in [0.1, 0.15) is 0 Å². The first-order valence-electron chi connectivity index (χ1n) is 9.96. The predicted molar refractivity (Wildman–Crippen MR) is 111 cm³/mol. The molecular formula is C22H24N2O5S. The number of ether oxygens (including phenoxy) is 1. The number of amides is 1. The number of carbonyl (C=O) groups excluding carboxylic acids is 2. The van der Waals surface area contributed by atoms with Crippen LogP contribution in [0.2, 0.25) is 0 Å². The summed E-state index contributed by atoms with van der Waals surface area (Å²) in [5.74, 6) is -0.716. The van der Waals surface area contributed by atoms with Crippen molar-refractivity contribution in [2.24, 2.45) is 0 Å². The van der Waals surface area contributed by atoms with Crippen molar-refractivity contribution in [2.45, 2.75) is 35.8 Å². The number of rotatable bonds is 4. The van der Waals surface area contributed by atoms with Crippen LogP contribution in [0.15, 0.2) is 52.3 Å². The molecular weight excluding hydrogens is 404 g/mol. The molecule has 2 aliphatic rings. The molecule has 0 saturated carbocycles. The van der Waals surface area contributed by atoms with Crippen molar-refractivity contribution in [1.82, 2.24) is 10.2 Å². The van der Waals surface area contributed by atoms with Crippen LogP contribution < -0.4 is 5.32 Å². The van der Waals surface area contributed by atoms with Crippen molar-refractivity contribution >= 4 is 21.5 Å². The van der Waals surface area contributed by atoms with E-state index in [9.17, 15) is 18.0 Å². The van der Waals surface area contributed by atoms with E-state index in [0.717, 1.165) is 13.1 Å². The van der Waals surface area contributed by atoms with Gasteiger partial charge in [-0.25, -0.2) is 8.42 Å². The zero-order chi connectivity index (χ0) is 21.5. The second kappa shape index (κ2) is 7.94. The Kier molecular flexibility index (Phi) is 5.48. The lowest BCUT2D eigenvalue weighted by Gasteiger charge is -2.35. The number of hydrogen-bond donors (Lipinski definition) is 1. The van der Waals surface area contributed by atoms with Crippen LogP contribution in [0.25, 0.3) is 0 Å². The van der Waals surface area contributed by atoms with Gasteiger partial charge in [-0.3, -0.25) is 14.5 Å². The Morgan fingerprint density at radius 2 is 1.73 bits per heavy atom. The second-order valence-electron chi connectivity index (χ2n) is 7.81. The summed E-state index contributed by atoms with van der Waals surface area (Å²) in [6.45, 7) is 6.77. The number of hydrogen-bond acceptors (Lipinski definition) is 6. The van der Waals surface area contributed by atoms with E-state index >= 15 is 0 Å². The van der Waals surface area contributed by atoms with E-state index in [2.05, 4.69) is 10.2 Å². The molecule has 0 radical (unpaired) electrons. The van der Waals surface area contributed by atoms with Gasteiger partial charge in [0.2, 0.25) is 9.84 Å². The molecule has 0 aromatic heterocycles. The van der Waals surface area contributed by atoms with Gasteiger partial charge in [-0.1, -0.05) is 12.1 Å². The molecule has 0 bridgehead atoms. The topological polar surface area (TPSA) is 92.8 Å².